The Bertz CT molecular complexity index is 774. The summed E-state index contributed by atoms with van der Waals surface area (Å²) in [5.74, 6) is -1.27. The van der Waals surface area contributed by atoms with Gasteiger partial charge in [-0.25, -0.2) is 8.78 Å². The van der Waals surface area contributed by atoms with Crippen LogP contribution in [0.2, 0.25) is 0 Å². The highest BCUT2D eigenvalue weighted by Crippen LogP contribution is 2.30. The lowest BCUT2D eigenvalue weighted by Crippen LogP contribution is -2.30. The Morgan fingerprint density at radius 1 is 1.04 bits per heavy atom. The Hall–Kier alpha value is -2.63. The maximum atomic E-state index is 13.7. The highest BCUT2D eigenvalue weighted by molar-refractivity contribution is 6.07. The number of nitrogens with one attached hydrogen (secondary N) is 1. The van der Waals surface area contributed by atoms with Crippen LogP contribution in [-0.4, -0.2) is 26.1 Å². The van der Waals surface area contributed by atoms with E-state index in [1.807, 2.05) is 0 Å². The first-order valence-corrected chi connectivity index (χ1v) is 8.28. The molecular weight excluding hydrogens is 326 g/mol. The minimum Gasteiger partial charge on any atom is -0.496 e. The number of methoxy groups -OCH3 is 1. The Morgan fingerprint density at radius 2 is 1.72 bits per heavy atom. The van der Waals surface area contributed by atoms with Crippen LogP contribution in [-0.2, 0) is 0 Å². The topological polar surface area (TPSA) is 41.6 Å². The number of rotatable bonds is 4. The number of carbonyl (C=O) groups excluding carboxylic acids is 1. The molecule has 4 nitrogen and oxygen atoms in total. The number of benzene rings is 2. The van der Waals surface area contributed by atoms with Crippen LogP contribution in [0.4, 0.5) is 20.2 Å². The lowest BCUT2D eigenvalue weighted by atomic mass is 10.1. The smallest absolute Gasteiger partial charge is 0.259 e. The highest BCUT2D eigenvalue weighted by atomic mass is 19.1. The van der Waals surface area contributed by atoms with Crippen LogP contribution in [0, 0.1) is 11.6 Å². The minimum atomic E-state index is -0.541. The minimum absolute atomic E-state index is 0.0661. The Morgan fingerprint density at radius 3 is 2.44 bits per heavy atom. The summed E-state index contributed by atoms with van der Waals surface area (Å²) in [5, 5.41) is 2.70. The van der Waals surface area contributed by atoms with E-state index in [0.717, 1.165) is 37.7 Å². The van der Waals surface area contributed by atoms with Gasteiger partial charge in [0.15, 0.2) is 0 Å². The molecule has 1 amide bonds. The van der Waals surface area contributed by atoms with Gasteiger partial charge in [-0.2, -0.15) is 0 Å². The van der Waals surface area contributed by atoms with Gasteiger partial charge < -0.3 is 15.0 Å². The van der Waals surface area contributed by atoms with Crippen molar-refractivity contribution in [3.8, 4) is 5.75 Å². The first kappa shape index (κ1) is 17.2. The Kier molecular flexibility index (Phi) is 5.16. The molecule has 2 aromatic carbocycles. The summed E-state index contributed by atoms with van der Waals surface area (Å²) >= 11 is 0. The van der Waals surface area contributed by atoms with Crippen molar-refractivity contribution in [2.45, 2.75) is 19.3 Å². The third-order valence-electron chi connectivity index (χ3n) is 4.31. The molecule has 1 heterocycles. The number of halogens is 2. The molecule has 2 aromatic rings. The van der Waals surface area contributed by atoms with E-state index < -0.39 is 17.5 Å². The van der Waals surface area contributed by atoms with Gasteiger partial charge in [0.25, 0.3) is 5.91 Å². The SMILES string of the molecule is COc1ccc(F)cc1C(=O)Nc1cc(F)ccc1N1CCCCC1. The predicted octanol–water partition coefficient (Wildman–Crippen LogP) is 4.22. The second kappa shape index (κ2) is 7.51. The number of anilines is 2. The summed E-state index contributed by atoms with van der Waals surface area (Å²) in [5.41, 5.74) is 1.21. The summed E-state index contributed by atoms with van der Waals surface area (Å²) in [6.07, 6.45) is 3.28. The zero-order valence-corrected chi connectivity index (χ0v) is 14.0. The molecule has 0 radical (unpaired) electrons. The molecule has 25 heavy (non-hydrogen) atoms. The molecule has 1 aliphatic rings. The van der Waals surface area contributed by atoms with Gasteiger partial charge in [0.1, 0.15) is 17.4 Å². The molecule has 0 aliphatic carbocycles. The number of ether oxygens (including phenoxy) is 1. The summed E-state index contributed by atoms with van der Waals surface area (Å²) in [7, 11) is 1.41. The lowest BCUT2D eigenvalue weighted by Gasteiger charge is -2.30. The Balaban J connectivity index is 1.90. The van der Waals surface area contributed by atoms with Gasteiger partial charge in [0.05, 0.1) is 24.0 Å². The van der Waals surface area contributed by atoms with E-state index in [4.69, 9.17) is 4.74 Å². The summed E-state index contributed by atoms with van der Waals surface area (Å²) < 4.78 is 32.4. The number of nitrogens with zero attached hydrogens (tertiary/aromatic N) is 1. The second-order valence-electron chi connectivity index (χ2n) is 6.01. The number of hydrogen-bond donors (Lipinski definition) is 1. The molecule has 3 rings (SSSR count). The van der Waals surface area contributed by atoms with Crippen LogP contribution in [0.25, 0.3) is 0 Å². The summed E-state index contributed by atoms with van der Waals surface area (Å²) in [6, 6.07) is 8.04. The van der Waals surface area contributed by atoms with Crippen molar-refractivity contribution in [2.24, 2.45) is 0 Å². The largest absolute Gasteiger partial charge is 0.496 e. The molecule has 1 saturated heterocycles. The third-order valence-corrected chi connectivity index (χ3v) is 4.31. The zero-order valence-electron chi connectivity index (χ0n) is 14.0. The molecule has 0 aromatic heterocycles. The highest BCUT2D eigenvalue weighted by Gasteiger charge is 2.19. The average Bonchev–Trinajstić information content (AvgIpc) is 2.62. The van der Waals surface area contributed by atoms with E-state index in [2.05, 4.69) is 10.2 Å². The van der Waals surface area contributed by atoms with E-state index in [1.54, 1.807) is 6.07 Å². The van der Waals surface area contributed by atoms with E-state index in [0.29, 0.717) is 5.69 Å². The summed E-state index contributed by atoms with van der Waals surface area (Å²) in [4.78, 5) is 14.7. The molecule has 0 unspecified atom stereocenters. The number of amides is 1. The first-order chi connectivity index (χ1) is 12.1. The molecule has 1 aliphatic heterocycles. The van der Waals surface area contributed by atoms with Crippen molar-refractivity contribution in [3.63, 3.8) is 0 Å². The molecular formula is C19H20F2N2O2. The molecule has 0 spiro atoms. The standard InChI is InChI=1S/C19H20F2N2O2/c1-25-18-8-6-13(20)11-15(18)19(24)22-16-12-14(21)5-7-17(16)23-9-3-2-4-10-23/h5-8,11-12H,2-4,9-10H2,1H3,(H,22,24). The monoisotopic (exact) mass is 346 g/mol. The van der Waals surface area contributed by atoms with Gasteiger partial charge in [0, 0.05) is 13.1 Å². The van der Waals surface area contributed by atoms with Crippen molar-refractivity contribution in [2.75, 3.05) is 30.4 Å². The maximum absolute atomic E-state index is 13.7. The molecule has 0 bridgehead atoms. The van der Waals surface area contributed by atoms with E-state index >= 15 is 0 Å². The fourth-order valence-electron chi connectivity index (χ4n) is 3.07. The van der Waals surface area contributed by atoms with Crippen LogP contribution in [0.1, 0.15) is 29.6 Å². The second-order valence-corrected chi connectivity index (χ2v) is 6.01. The van der Waals surface area contributed by atoms with Gasteiger partial charge in [0.2, 0.25) is 0 Å². The van der Waals surface area contributed by atoms with Gasteiger partial charge >= 0.3 is 0 Å². The predicted molar refractivity (Wildman–Crippen MR) is 93.4 cm³/mol. The molecule has 132 valence electrons. The van der Waals surface area contributed by atoms with Crippen LogP contribution in [0.15, 0.2) is 36.4 Å². The zero-order chi connectivity index (χ0) is 17.8. The average molecular weight is 346 g/mol. The Labute approximate surface area is 145 Å². The molecule has 0 atom stereocenters. The summed E-state index contributed by atoms with van der Waals surface area (Å²) in [6.45, 7) is 1.72. The van der Waals surface area contributed by atoms with Gasteiger partial charge in [-0.05, 0) is 55.7 Å². The third kappa shape index (κ3) is 3.90. The van der Waals surface area contributed by atoms with Crippen LogP contribution in [0.5, 0.6) is 5.75 Å². The van der Waals surface area contributed by atoms with E-state index in [1.165, 1.54) is 37.8 Å². The van der Waals surface area contributed by atoms with Crippen molar-refractivity contribution in [1.82, 2.24) is 0 Å². The number of carbonyl (C=O) groups is 1. The first-order valence-electron chi connectivity index (χ1n) is 8.28. The van der Waals surface area contributed by atoms with E-state index in [9.17, 15) is 13.6 Å². The quantitative estimate of drug-likeness (QED) is 0.901. The van der Waals surface area contributed by atoms with Crippen molar-refractivity contribution < 1.29 is 18.3 Å². The van der Waals surface area contributed by atoms with Gasteiger partial charge in [-0.15, -0.1) is 0 Å². The van der Waals surface area contributed by atoms with Crippen molar-refractivity contribution in [3.05, 3.63) is 53.6 Å². The van der Waals surface area contributed by atoms with Crippen LogP contribution >= 0.6 is 0 Å². The molecule has 1 fully saturated rings. The van der Waals surface area contributed by atoms with Crippen molar-refractivity contribution >= 4 is 17.3 Å². The molecule has 0 saturated carbocycles. The van der Waals surface area contributed by atoms with Gasteiger partial charge in [-0.3, -0.25) is 4.79 Å². The fraction of sp³-hybridized carbons (Fsp3) is 0.316. The molecule has 6 heteroatoms. The van der Waals surface area contributed by atoms with Crippen LogP contribution < -0.4 is 15.0 Å². The van der Waals surface area contributed by atoms with Gasteiger partial charge in [-0.1, -0.05) is 0 Å². The fourth-order valence-corrected chi connectivity index (χ4v) is 3.07. The van der Waals surface area contributed by atoms with Crippen LogP contribution in [0.3, 0.4) is 0 Å². The van der Waals surface area contributed by atoms with E-state index in [-0.39, 0.29) is 11.3 Å². The van der Waals surface area contributed by atoms with Crippen molar-refractivity contribution in [1.29, 1.82) is 0 Å². The normalized spacial score (nSPS) is 14.3. The molecule has 1 N–H and O–H groups in total. The maximum Gasteiger partial charge on any atom is 0.259 e. The number of piperidine rings is 1. The lowest BCUT2D eigenvalue weighted by molar-refractivity contribution is 0.102. The number of hydrogen-bond acceptors (Lipinski definition) is 3.